The fourth-order valence-corrected chi connectivity index (χ4v) is 3.07. The number of amides is 2. The Morgan fingerprint density at radius 1 is 0.968 bits per heavy atom. The number of nitrogens with zero attached hydrogens (tertiary/aromatic N) is 1. The highest BCUT2D eigenvalue weighted by Crippen LogP contribution is 2.22. The molecule has 0 radical (unpaired) electrons. The van der Waals surface area contributed by atoms with Crippen molar-refractivity contribution in [3.05, 3.63) is 94.0 Å². The zero-order valence-electron chi connectivity index (χ0n) is 16.6. The van der Waals surface area contributed by atoms with Crippen LogP contribution in [0.15, 0.2) is 77.9 Å². The second-order valence-electron chi connectivity index (χ2n) is 6.49. The molecule has 0 unspecified atom stereocenters. The molecule has 8 heteroatoms. The maximum Gasteiger partial charge on any atom is 0.277 e. The molecule has 2 amide bonds. The van der Waals surface area contributed by atoms with Crippen LogP contribution in [0, 0.1) is 0 Å². The van der Waals surface area contributed by atoms with Crippen LogP contribution in [-0.4, -0.2) is 24.1 Å². The van der Waals surface area contributed by atoms with Crippen LogP contribution >= 0.6 is 23.2 Å². The summed E-state index contributed by atoms with van der Waals surface area (Å²) in [5.41, 5.74) is 4.76. The Balaban J connectivity index is 1.54. The second-order valence-corrected chi connectivity index (χ2v) is 7.33. The number of ether oxygens (including phenoxy) is 1. The molecule has 0 aliphatic heterocycles. The van der Waals surface area contributed by atoms with Crippen LogP contribution < -0.4 is 15.5 Å². The number of hydrogen-bond acceptors (Lipinski definition) is 4. The number of para-hydroxylation sites is 1. The lowest BCUT2D eigenvalue weighted by atomic mass is 10.1. The largest absolute Gasteiger partial charge is 0.484 e. The molecule has 0 aliphatic carbocycles. The van der Waals surface area contributed by atoms with E-state index in [-0.39, 0.29) is 23.4 Å². The molecule has 2 N–H and O–H groups in total. The van der Waals surface area contributed by atoms with Gasteiger partial charge in [0.25, 0.3) is 11.8 Å². The Kier molecular flexibility index (Phi) is 7.65. The fourth-order valence-electron chi connectivity index (χ4n) is 2.58. The van der Waals surface area contributed by atoms with E-state index >= 15 is 0 Å². The molecule has 6 nitrogen and oxygen atoms in total. The highest BCUT2D eigenvalue weighted by atomic mass is 35.5. The molecule has 0 fully saturated rings. The number of carbonyl (C=O) groups excluding carboxylic acids is 2. The van der Waals surface area contributed by atoms with Crippen LogP contribution in [0.5, 0.6) is 5.75 Å². The number of anilines is 1. The summed E-state index contributed by atoms with van der Waals surface area (Å²) >= 11 is 11.9. The first-order chi connectivity index (χ1) is 14.9. The number of hydrogen-bond donors (Lipinski definition) is 2. The molecule has 0 aromatic heterocycles. The smallest absolute Gasteiger partial charge is 0.277 e. The van der Waals surface area contributed by atoms with Crippen LogP contribution in [0.4, 0.5) is 5.69 Å². The van der Waals surface area contributed by atoms with Gasteiger partial charge >= 0.3 is 0 Å². The first-order valence-electron chi connectivity index (χ1n) is 9.30. The van der Waals surface area contributed by atoms with E-state index in [9.17, 15) is 9.59 Å². The van der Waals surface area contributed by atoms with Crippen molar-refractivity contribution in [1.29, 1.82) is 0 Å². The number of rotatable bonds is 7. The predicted molar refractivity (Wildman–Crippen MR) is 123 cm³/mol. The van der Waals surface area contributed by atoms with Crippen LogP contribution in [0.3, 0.4) is 0 Å². The van der Waals surface area contributed by atoms with Gasteiger partial charge in [0.15, 0.2) is 6.61 Å². The Morgan fingerprint density at radius 3 is 2.35 bits per heavy atom. The highest BCUT2D eigenvalue weighted by Gasteiger charge is 2.11. The summed E-state index contributed by atoms with van der Waals surface area (Å²) in [7, 11) is 0. The lowest BCUT2D eigenvalue weighted by molar-refractivity contribution is -0.123. The number of hydrazone groups is 1. The Hall–Kier alpha value is -3.35. The van der Waals surface area contributed by atoms with E-state index in [1.807, 2.05) is 18.2 Å². The summed E-state index contributed by atoms with van der Waals surface area (Å²) in [5, 5.41) is 7.59. The molecule has 158 valence electrons. The summed E-state index contributed by atoms with van der Waals surface area (Å²) < 4.78 is 5.37. The zero-order valence-corrected chi connectivity index (χ0v) is 18.1. The van der Waals surface area contributed by atoms with Crippen molar-refractivity contribution >= 4 is 46.4 Å². The fraction of sp³-hybridized carbons (Fsp3) is 0.0870. The second kappa shape index (κ2) is 10.6. The lowest BCUT2D eigenvalue weighted by Gasteiger charge is -2.08. The topological polar surface area (TPSA) is 79.8 Å². The molecule has 0 saturated heterocycles. The molecule has 3 rings (SSSR count). The number of carbonyl (C=O) groups is 2. The van der Waals surface area contributed by atoms with Gasteiger partial charge in [0, 0.05) is 10.7 Å². The minimum atomic E-state index is -0.369. The van der Waals surface area contributed by atoms with Gasteiger partial charge in [-0.2, -0.15) is 5.10 Å². The molecule has 3 aromatic carbocycles. The number of nitrogens with one attached hydrogen (secondary N) is 2. The van der Waals surface area contributed by atoms with Gasteiger partial charge in [0.1, 0.15) is 5.75 Å². The Bertz CT molecular complexity index is 1100. The third kappa shape index (κ3) is 6.57. The van der Waals surface area contributed by atoms with Crippen LogP contribution in [0.1, 0.15) is 22.8 Å². The third-order valence-electron chi connectivity index (χ3n) is 4.20. The maximum atomic E-state index is 12.4. The van der Waals surface area contributed by atoms with Gasteiger partial charge in [-0.15, -0.1) is 0 Å². The van der Waals surface area contributed by atoms with Gasteiger partial charge in [-0.05, 0) is 55.0 Å². The SMILES string of the molecule is C/C(=N\NC(=O)COc1ccccc1)c1ccc(NC(=O)c2ccc(Cl)cc2Cl)cc1. The quantitative estimate of drug-likeness (QED) is 0.381. The van der Waals surface area contributed by atoms with Gasteiger partial charge in [0.05, 0.1) is 16.3 Å². The van der Waals surface area contributed by atoms with E-state index in [0.29, 0.717) is 27.7 Å². The van der Waals surface area contributed by atoms with E-state index in [0.717, 1.165) is 5.56 Å². The van der Waals surface area contributed by atoms with Gasteiger partial charge in [-0.1, -0.05) is 53.5 Å². The maximum absolute atomic E-state index is 12.4. The van der Waals surface area contributed by atoms with E-state index in [4.69, 9.17) is 27.9 Å². The monoisotopic (exact) mass is 455 g/mol. The summed E-state index contributed by atoms with van der Waals surface area (Å²) in [6, 6.07) is 20.8. The standard InChI is InChI=1S/C23H19Cl2N3O3/c1-15(27-28-22(29)14-31-19-5-3-2-4-6-19)16-7-10-18(11-8-16)26-23(30)20-12-9-17(24)13-21(20)25/h2-13H,14H2,1H3,(H,26,30)(H,28,29)/b27-15+. The molecule has 0 bridgehead atoms. The average Bonchev–Trinajstić information content (AvgIpc) is 2.77. The van der Waals surface area contributed by atoms with Crippen molar-refractivity contribution in [3.8, 4) is 5.75 Å². The number of benzene rings is 3. The van der Waals surface area contributed by atoms with E-state index < -0.39 is 0 Å². The van der Waals surface area contributed by atoms with Crippen molar-refractivity contribution in [2.24, 2.45) is 5.10 Å². The molecular formula is C23H19Cl2N3O3. The third-order valence-corrected chi connectivity index (χ3v) is 4.75. The molecule has 3 aromatic rings. The first-order valence-corrected chi connectivity index (χ1v) is 10.1. The van der Waals surface area contributed by atoms with Crippen molar-refractivity contribution in [2.45, 2.75) is 6.92 Å². The highest BCUT2D eigenvalue weighted by molar-refractivity contribution is 6.37. The van der Waals surface area contributed by atoms with Crippen molar-refractivity contribution < 1.29 is 14.3 Å². The molecular weight excluding hydrogens is 437 g/mol. The first kappa shape index (κ1) is 22.3. The molecule has 0 aliphatic rings. The van der Waals surface area contributed by atoms with Crippen LogP contribution in [-0.2, 0) is 4.79 Å². The van der Waals surface area contributed by atoms with E-state index in [1.165, 1.54) is 6.07 Å². The average molecular weight is 456 g/mol. The lowest BCUT2D eigenvalue weighted by Crippen LogP contribution is -2.25. The van der Waals surface area contributed by atoms with Gasteiger partial charge in [-0.3, -0.25) is 9.59 Å². The van der Waals surface area contributed by atoms with Crippen LogP contribution in [0.25, 0.3) is 0 Å². The zero-order chi connectivity index (χ0) is 22.2. The predicted octanol–water partition coefficient (Wildman–Crippen LogP) is 5.16. The molecule has 31 heavy (non-hydrogen) atoms. The Labute approximate surface area is 189 Å². The Morgan fingerprint density at radius 2 is 1.68 bits per heavy atom. The van der Waals surface area contributed by atoms with E-state index in [2.05, 4.69) is 15.8 Å². The van der Waals surface area contributed by atoms with Crippen molar-refractivity contribution in [1.82, 2.24) is 5.43 Å². The number of halogens is 2. The van der Waals surface area contributed by atoms with Gasteiger partial charge in [0.2, 0.25) is 0 Å². The van der Waals surface area contributed by atoms with Gasteiger partial charge in [-0.25, -0.2) is 5.43 Å². The minimum Gasteiger partial charge on any atom is -0.484 e. The normalized spacial score (nSPS) is 11.0. The summed E-state index contributed by atoms with van der Waals surface area (Å²) in [5.74, 6) is -0.103. The summed E-state index contributed by atoms with van der Waals surface area (Å²) in [6.45, 7) is 1.62. The van der Waals surface area contributed by atoms with Crippen molar-refractivity contribution in [2.75, 3.05) is 11.9 Å². The van der Waals surface area contributed by atoms with Crippen molar-refractivity contribution in [3.63, 3.8) is 0 Å². The van der Waals surface area contributed by atoms with Crippen LogP contribution in [0.2, 0.25) is 10.0 Å². The van der Waals surface area contributed by atoms with E-state index in [1.54, 1.807) is 55.5 Å². The molecule has 0 atom stereocenters. The molecule has 0 heterocycles. The molecule has 0 spiro atoms. The molecule has 0 saturated carbocycles. The van der Waals surface area contributed by atoms with Gasteiger partial charge < -0.3 is 10.1 Å². The summed E-state index contributed by atoms with van der Waals surface area (Å²) in [6.07, 6.45) is 0. The summed E-state index contributed by atoms with van der Waals surface area (Å²) in [4.78, 5) is 24.3. The minimum absolute atomic E-state index is 0.140.